The van der Waals surface area contributed by atoms with E-state index in [2.05, 4.69) is 63.9 Å². The zero-order valence-corrected chi connectivity index (χ0v) is 13.9. The van der Waals surface area contributed by atoms with Gasteiger partial charge in [0, 0.05) is 27.4 Å². The van der Waals surface area contributed by atoms with Crippen molar-refractivity contribution in [3.63, 3.8) is 0 Å². The summed E-state index contributed by atoms with van der Waals surface area (Å²) in [6.45, 7) is 0. The first-order valence-corrected chi connectivity index (χ1v) is 9.68. The summed E-state index contributed by atoms with van der Waals surface area (Å²) in [4.78, 5) is 7.17. The molecule has 3 aromatic heterocycles. The lowest BCUT2D eigenvalue weighted by Gasteiger charge is -2.28. The number of pyridine rings is 1. The molecule has 1 nitrogen and oxygen atoms in total. The summed E-state index contributed by atoms with van der Waals surface area (Å²) >= 11 is 5.88. The minimum atomic E-state index is 0.103. The summed E-state index contributed by atoms with van der Waals surface area (Å²) < 4.78 is 0.103. The highest BCUT2D eigenvalue weighted by Gasteiger charge is 2.44. The maximum atomic E-state index is 4.19. The first-order chi connectivity index (χ1) is 10.4. The molecule has 4 rings (SSSR count). The van der Waals surface area contributed by atoms with E-state index >= 15 is 0 Å². The van der Waals surface area contributed by atoms with E-state index in [4.69, 9.17) is 0 Å². The van der Waals surface area contributed by atoms with Gasteiger partial charge in [0.05, 0.1) is 4.75 Å². The summed E-state index contributed by atoms with van der Waals surface area (Å²) in [5.74, 6) is 0. The van der Waals surface area contributed by atoms with Crippen LogP contribution in [0.25, 0.3) is 0 Å². The van der Waals surface area contributed by atoms with Crippen LogP contribution in [0.2, 0.25) is 0 Å². The van der Waals surface area contributed by atoms with Crippen LogP contribution in [0.3, 0.4) is 0 Å². The number of hydrogen-bond donors (Lipinski definition) is 0. The van der Waals surface area contributed by atoms with E-state index in [0.29, 0.717) is 5.25 Å². The van der Waals surface area contributed by atoms with Crippen LogP contribution in [-0.4, -0.2) is 4.98 Å². The lowest BCUT2D eigenvalue weighted by Crippen LogP contribution is -2.18. The molecule has 1 fully saturated rings. The second-order valence-corrected chi connectivity index (χ2v) is 8.63. The molecule has 3 aromatic rings. The number of hydrogen-bond acceptors (Lipinski definition) is 4. The van der Waals surface area contributed by atoms with Crippen LogP contribution in [0.15, 0.2) is 59.6 Å². The molecular formula is C17H15NS3. The van der Waals surface area contributed by atoms with Crippen molar-refractivity contribution < 1.29 is 0 Å². The second kappa shape index (κ2) is 5.59. The van der Waals surface area contributed by atoms with E-state index in [1.54, 1.807) is 0 Å². The molecule has 0 radical (unpaired) electrons. The number of thiophene rings is 2. The third kappa shape index (κ3) is 2.35. The van der Waals surface area contributed by atoms with E-state index in [0.717, 1.165) is 0 Å². The van der Waals surface area contributed by atoms with Crippen LogP contribution >= 0.6 is 34.4 Å². The monoisotopic (exact) mass is 329 g/mol. The molecule has 4 heterocycles. The number of rotatable bonds is 3. The molecule has 0 N–H and O–H groups in total. The third-order valence-electron chi connectivity index (χ3n) is 4.03. The Bertz CT molecular complexity index is 691. The van der Waals surface area contributed by atoms with Crippen LogP contribution < -0.4 is 0 Å². The van der Waals surface area contributed by atoms with Gasteiger partial charge < -0.3 is 0 Å². The van der Waals surface area contributed by atoms with E-state index < -0.39 is 0 Å². The highest BCUT2D eigenvalue weighted by atomic mass is 32.2. The Morgan fingerprint density at radius 3 is 2.52 bits per heavy atom. The number of aromatic nitrogens is 1. The minimum absolute atomic E-state index is 0.103. The lowest BCUT2D eigenvalue weighted by atomic mass is 9.92. The first kappa shape index (κ1) is 13.6. The van der Waals surface area contributed by atoms with Crippen LogP contribution in [0, 0.1) is 0 Å². The number of nitrogens with zero attached hydrogens (tertiary/aromatic N) is 1. The fourth-order valence-corrected chi connectivity index (χ4v) is 6.86. The Kier molecular flexibility index (Phi) is 3.61. The Hall–Kier alpha value is -1.10. The predicted molar refractivity (Wildman–Crippen MR) is 93.2 cm³/mol. The van der Waals surface area contributed by atoms with Crippen molar-refractivity contribution in [2.75, 3.05) is 0 Å². The lowest BCUT2D eigenvalue weighted by molar-refractivity contribution is 0.671. The Morgan fingerprint density at radius 2 is 1.81 bits per heavy atom. The molecule has 2 atom stereocenters. The fraction of sp³-hybridized carbons (Fsp3) is 0.235. The van der Waals surface area contributed by atoms with E-state index in [9.17, 15) is 0 Å². The molecular weight excluding hydrogens is 314 g/mol. The molecule has 21 heavy (non-hydrogen) atoms. The largest absolute Gasteiger partial charge is 0.265 e. The fourth-order valence-electron chi connectivity index (χ4n) is 3.04. The topological polar surface area (TPSA) is 12.9 Å². The Balaban J connectivity index is 1.77. The summed E-state index contributed by atoms with van der Waals surface area (Å²) in [6, 6.07) is 13.3. The summed E-state index contributed by atoms with van der Waals surface area (Å²) in [6.07, 6.45) is 6.28. The maximum Gasteiger partial charge on any atom is 0.0757 e. The average molecular weight is 330 g/mol. The Morgan fingerprint density at radius 1 is 1.00 bits per heavy atom. The molecule has 0 saturated carbocycles. The van der Waals surface area contributed by atoms with Crippen LogP contribution in [0.1, 0.15) is 33.4 Å². The molecule has 1 aliphatic heterocycles. The molecule has 106 valence electrons. The van der Waals surface area contributed by atoms with Gasteiger partial charge in [-0.15, -0.1) is 34.4 Å². The predicted octanol–water partition coefficient (Wildman–Crippen LogP) is 5.72. The van der Waals surface area contributed by atoms with Gasteiger partial charge in [0.15, 0.2) is 0 Å². The molecule has 0 aliphatic carbocycles. The standard InChI is InChI=1S/C17H15NS3/c1-3-14(19-11-1)15-5-8-17(21-15,16-4-2-12-20-16)13-6-9-18-10-7-13/h1-4,6-7,9-12,15H,5,8H2. The first-order valence-electron chi connectivity index (χ1n) is 7.04. The number of thioether (sulfide) groups is 1. The van der Waals surface area contributed by atoms with Gasteiger partial charge in [0.1, 0.15) is 0 Å². The van der Waals surface area contributed by atoms with Crippen molar-refractivity contribution in [3.8, 4) is 0 Å². The molecule has 2 unspecified atom stereocenters. The van der Waals surface area contributed by atoms with Crippen molar-refractivity contribution in [1.82, 2.24) is 4.98 Å². The normalized spacial score (nSPS) is 25.2. The summed E-state index contributed by atoms with van der Waals surface area (Å²) in [5.41, 5.74) is 1.39. The van der Waals surface area contributed by atoms with Crippen molar-refractivity contribution in [1.29, 1.82) is 0 Å². The highest BCUT2D eigenvalue weighted by Crippen LogP contribution is 2.61. The van der Waals surface area contributed by atoms with Gasteiger partial charge in [0.25, 0.3) is 0 Å². The maximum absolute atomic E-state index is 4.19. The van der Waals surface area contributed by atoms with Crippen molar-refractivity contribution in [2.24, 2.45) is 0 Å². The summed E-state index contributed by atoms with van der Waals surface area (Å²) in [7, 11) is 0. The van der Waals surface area contributed by atoms with Gasteiger partial charge in [0.2, 0.25) is 0 Å². The SMILES string of the molecule is c1csc(C2CCC(c3ccncc3)(c3cccs3)S2)c1. The molecule has 0 amide bonds. The summed E-state index contributed by atoms with van der Waals surface area (Å²) in [5, 5.41) is 4.99. The molecule has 0 bridgehead atoms. The van der Waals surface area contributed by atoms with Gasteiger partial charge in [-0.25, -0.2) is 0 Å². The van der Waals surface area contributed by atoms with Crippen LogP contribution in [-0.2, 0) is 4.75 Å². The van der Waals surface area contributed by atoms with E-state index in [-0.39, 0.29) is 4.75 Å². The van der Waals surface area contributed by atoms with Crippen LogP contribution in [0.4, 0.5) is 0 Å². The second-order valence-electron chi connectivity index (χ2n) is 5.20. The van der Waals surface area contributed by atoms with Gasteiger partial charge >= 0.3 is 0 Å². The van der Waals surface area contributed by atoms with E-state index in [1.165, 1.54) is 28.2 Å². The smallest absolute Gasteiger partial charge is 0.0757 e. The minimum Gasteiger partial charge on any atom is -0.265 e. The zero-order valence-electron chi connectivity index (χ0n) is 11.4. The average Bonchev–Trinajstić information content (AvgIpc) is 3.28. The van der Waals surface area contributed by atoms with E-state index in [1.807, 2.05) is 35.1 Å². The quantitative estimate of drug-likeness (QED) is 0.610. The molecule has 1 aliphatic rings. The van der Waals surface area contributed by atoms with Gasteiger partial charge in [-0.05, 0) is 53.4 Å². The van der Waals surface area contributed by atoms with Gasteiger partial charge in [-0.3, -0.25) is 4.98 Å². The molecule has 1 saturated heterocycles. The van der Waals surface area contributed by atoms with Crippen molar-refractivity contribution in [2.45, 2.75) is 22.8 Å². The van der Waals surface area contributed by atoms with Crippen molar-refractivity contribution in [3.05, 3.63) is 74.9 Å². The van der Waals surface area contributed by atoms with Crippen LogP contribution in [0.5, 0.6) is 0 Å². The third-order valence-corrected chi connectivity index (χ3v) is 8.16. The molecule has 4 heteroatoms. The Labute approximate surface area is 137 Å². The molecule has 0 spiro atoms. The van der Waals surface area contributed by atoms with Gasteiger partial charge in [-0.1, -0.05) is 12.1 Å². The molecule has 0 aromatic carbocycles. The zero-order chi connectivity index (χ0) is 14.1. The highest BCUT2D eigenvalue weighted by molar-refractivity contribution is 8.01. The van der Waals surface area contributed by atoms with Crippen molar-refractivity contribution >= 4 is 34.4 Å². The van der Waals surface area contributed by atoms with Gasteiger partial charge in [-0.2, -0.15) is 0 Å².